The van der Waals surface area contributed by atoms with Crippen LogP contribution in [0.15, 0.2) is 18.2 Å². The number of rotatable bonds is 0. The normalized spacial score (nSPS) is 15.2. The van der Waals surface area contributed by atoms with Crippen LogP contribution in [0.4, 0.5) is 4.39 Å². The van der Waals surface area contributed by atoms with E-state index < -0.39 is 11.7 Å². The van der Waals surface area contributed by atoms with Crippen LogP contribution in [0.2, 0.25) is 0 Å². The molecule has 0 atom stereocenters. The number of hydrogen-bond acceptors (Lipinski definition) is 2. The van der Waals surface area contributed by atoms with Crippen molar-refractivity contribution >= 4 is 11.8 Å². The largest absolute Gasteiger partial charge is 0.292 e. The fraction of sp³-hybridized carbons (Fsp3) is 0.111. The van der Waals surface area contributed by atoms with E-state index in [0.717, 1.165) is 0 Å². The third-order valence-electron chi connectivity index (χ3n) is 1.92. The van der Waals surface area contributed by atoms with E-state index in [-0.39, 0.29) is 12.3 Å². The Morgan fingerprint density at radius 1 is 1.31 bits per heavy atom. The summed E-state index contributed by atoms with van der Waals surface area (Å²) in [5.41, 5.74) is 0.828. The number of hydrogen-bond donors (Lipinski definition) is 1. The zero-order valence-electron chi connectivity index (χ0n) is 6.63. The molecule has 0 fully saturated rings. The van der Waals surface area contributed by atoms with Crippen molar-refractivity contribution in [3.05, 3.63) is 35.1 Å². The maximum absolute atomic E-state index is 12.7. The fourth-order valence-electron chi connectivity index (χ4n) is 1.34. The van der Waals surface area contributed by atoms with Gasteiger partial charge in [0.1, 0.15) is 5.82 Å². The number of carbonyl (C=O) groups excluding carboxylic acids is 2. The van der Waals surface area contributed by atoms with Gasteiger partial charge in [-0.15, -0.1) is 0 Å². The summed E-state index contributed by atoms with van der Waals surface area (Å²) in [6.07, 6.45) is 0.0683. The molecule has 4 heteroatoms. The number of halogens is 1. The Morgan fingerprint density at radius 2 is 2.08 bits per heavy atom. The summed E-state index contributed by atoms with van der Waals surface area (Å²) >= 11 is 0. The average molecular weight is 179 g/mol. The molecule has 0 spiro atoms. The van der Waals surface area contributed by atoms with Gasteiger partial charge in [-0.2, -0.15) is 0 Å². The lowest BCUT2D eigenvalue weighted by Crippen LogP contribution is -2.37. The first kappa shape index (κ1) is 7.91. The Morgan fingerprint density at radius 3 is 2.85 bits per heavy atom. The number of benzene rings is 1. The molecule has 0 unspecified atom stereocenters. The van der Waals surface area contributed by atoms with Gasteiger partial charge in [-0.05, 0) is 23.8 Å². The molecule has 1 heterocycles. The van der Waals surface area contributed by atoms with Crippen molar-refractivity contribution < 1.29 is 14.0 Å². The Labute approximate surface area is 73.6 Å². The first-order chi connectivity index (χ1) is 6.16. The lowest BCUT2D eigenvalue weighted by molar-refractivity contribution is -0.119. The first-order valence-electron chi connectivity index (χ1n) is 3.79. The molecule has 1 N–H and O–H groups in total. The summed E-state index contributed by atoms with van der Waals surface area (Å²) < 4.78 is 12.7. The Hall–Kier alpha value is -1.71. The minimum absolute atomic E-state index is 0.0683. The van der Waals surface area contributed by atoms with Crippen molar-refractivity contribution in [3.8, 4) is 0 Å². The van der Waals surface area contributed by atoms with E-state index >= 15 is 0 Å². The summed E-state index contributed by atoms with van der Waals surface area (Å²) in [5.74, 6) is -1.27. The highest BCUT2D eigenvalue weighted by Crippen LogP contribution is 2.15. The molecule has 1 aromatic carbocycles. The van der Waals surface area contributed by atoms with Gasteiger partial charge < -0.3 is 0 Å². The van der Waals surface area contributed by atoms with E-state index in [0.29, 0.717) is 11.1 Å². The molecule has 3 nitrogen and oxygen atoms in total. The molecule has 66 valence electrons. The van der Waals surface area contributed by atoms with Crippen LogP contribution in [-0.4, -0.2) is 11.8 Å². The molecule has 0 radical (unpaired) electrons. The summed E-state index contributed by atoms with van der Waals surface area (Å²) in [6.45, 7) is 0. The molecule has 0 aromatic heterocycles. The predicted octanol–water partition coefficient (Wildman–Crippen LogP) is 0.638. The molecular weight excluding hydrogens is 173 g/mol. The van der Waals surface area contributed by atoms with Gasteiger partial charge in [0, 0.05) is 5.56 Å². The molecule has 1 aromatic rings. The maximum Gasteiger partial charge on any atom is 0.258 e. The van der Waals surface area contributed by atoms with Gasteiger partial charge in [0.05, 0.1) is 6.42 Å². The van der Waals surface area contributed by atoms with Gasteiger partial charge in [0.2, 0.25) is 5.91 Å². The third-order valence-corrected chi connectivity index (χ3v) is 1.92. The van der Waals surface area contributed by atoms with E-state index in [9.17, 15) is 14.0 Å². The fourth-order valence-corrected chi connectivity index (χ4v) is 1.34. The van der Waals surface area contributed by atoms with Gasteiger partial charge in [0.25, 0.3) is 5.91 Å². The number of carbonyl (C=O) groups is 2. The van der Waals surface area contributed by atoms with Crippen LogP contribution in [0.1, 0.15) is 15.9 Å². The molecule has 1 aliphatic heterocycles. The lowest BCUT2D eigenvalue weighted by Gasteiger charge is -2.14. The second-order valence-electron chi connectivity index (χ2n) is 2.86. The lowest BCUT2D eigenvalue weighted by atomic mass is 10.00. The van der Waals surface area contributed by atoms with Crippen molar-refractivity contribution in [2.75, 3.05) is 0 Å². The number of fused-ring (bicyclic) bond motifs is 1. The zero-order valence-corrected chi connectivity index (χ0v) is 6.63. The van der Waals surface area contributed by atoms with Crippen LogP contribution in [0.25, 0.3) is 0 Å². The Kier molecular flexibility index (Phi) is 1.62. The van der Waals surface area contributed by atoms with Crippen LogP contribution in [0, 0.1) is 5.82 Å². The second kappa shape index (κ2) is 2.65. The molecule has 13 heavy (non-hydrogen) atoms. The van der Waals surface area contributed by atoms with Gasteiger partial charge in [-0.3, -0.25) is 14.9 Å². The number of amides is 2. The molecule has 0 saturated heterocycles. The first-order valence-corrected chi connectivity index (χ1v) is 3.79. The highest BCUT2D eigenvalue weighted by molar-refractivity contribution is 6.09. The van der Waals surface area contributed by atoms with E-state index in [1.54, 1.807) is 0 Å². The highest BCUT2D eigenvalue weighted by atomic mass is 19.1. The quantitative estimate of drug-likeness (QED) is 0.594. The minimum atomic E-state index is -0.453. The van der Waals surface area contributed by atoms with Crippen molar-refractivity contribution in [1.82, 2.24) is 5.32 Å². The van der Waals surface area contributed by atoms with Crippen LogP contribution >= 0.6 is 0 Å². The SMILES string of the molecule is O=C1Cc2cc(F)ccc2C(=O)N1. The number of nitrogens with one attached hydrogen (secondary N) is 1. The molecular formula is C9H6FNO2. The van der Waals surface area contributed by atoms with Crippen molar-refractivity contribution in [3.63, 3.8) is 0 Å². The molecule has 1 aliphatic rings. The highest BCUT2D eigenvalue weighted by Gasteiger charge is 2.21. The molecule has 2 amide bonds. The van der Waals surface area contributed by atoms with Crippen molar-refractivity contribution in [2.24, 2.45) is 0 Å². The van der Waals surface area contributed by atoms with Crippen LogP contribution < -0.4 is 5.32 Å². The molecule has 0 aliphatic carbocycles. The third kappa shape index (κ3) is 1.30. The van der Waals surface area contributed by atoms with Gasteiger partial charge in [-0.25, -0.2) is 4.39 Å². The second-order valence-corrected chi connectivity index (χ2v) is 2.86. The van der Waals surface area contributed by atoms with Gasteiger partial charge >= 0.3 is 0 Å². The zero-order chi connectivity index (χ0) is 9.42. The average Bonchev–Trinajstić information content (AvgIpc) is 2.02. The Balaban J connectivity index is 2.55. The van der Waals surface area contributed by atoms with E-state index in [4.69, 9.17) is 0 Å². The van der Waals surface area contributed by atoms with Crippen LogP contribution in [0.3, 0.4) is 0 Å². The molecule has 0 bridgehead atoms. The summed E-state index contributed by atoms with van der Waals surface area (Å²) in [4.78, 5) is 22.0. The monoisotopic (exact) mass is 179 g/mol. The van der Waals surface area contributed by atoms with Gasteiger partial charge in [0.15, 0.2) is 0 Å². The summed E-state index contributed by atoms with van der Waals surface area (Å²) in [6, 6.07) is 3.80. The minimum Gasteiger partial charge on any atom is -0.292 e. The maximum atomic E-state index is 12.7. The molecule has 2 rings (SSSR count). The van der Waals surface area contributed by atoms with Crippen LogP contribution in [-0.2, 0) is 11.2 Å². The summed E-state index contributed by atoms with van der Waals surface area (Å²) in [5, 5.41) is 2.15. The van der Waals surface area contributed by atoms with E-state index in [2.05, 4.69) is 5.32 Å². The molecule has 0 saturated carbocycles. The summed E-state index contributed by atoms with van der Waals surface area (Å²) in [7, 11) is 0. The smallest absolute Gasteiger partial charge is 0.258 e. The standard InChI is InChI=1S/C9H6FNO2/c10-6-1-2-7-5(3-6)4-8(12)11-9(7)13/h1-3H,4H2,(H,11,12,13). The topological polar surface area (TPSA) is 46.2 Å². The van der Waals surface area contributed by atoms with Crippen molar-refractivity contribution in [2.45, 2.75) is 6.42 Å². The van der Waals surface area contributed by atoms with Crippen LogP contribution in [0.5, 0.6) is 0 Å². The predicted molar refractivity (Wildman–Crippen MR) is 42.6 cm³/mol. The van der Waals surface area contributed by atoms with E-state index in [1.165, 1.54) is 18.2 Å². The number of imide groups is 1. The van der Waals surface area contributed by atoms with Crippen molar-refractivity contribution in [1.29, 1.82) is 0 Å². The van der Waals surface area contributed by atoms with Gasteiger partial charge in [-0.1, -0.05) is 0 Å². The Bertz CT molecular complexity index is 401. The van der Waals surface area contributed by atoms with E-state index in [1.807, 2.05) is 0 Å².